The van der Waals surface area contributed by atoms with Crippen molar-refractivity contribution in [3.63, 3.8) is 0 Å². The molecule has 0 atom stereocenters. The van der Waals surface area contributed by atoms with E-state index >= 15 is 0 Å². The van der Waals surface area contributed by atoms with Gasteiger partial charge in [0.25, 0.3) is 11.8 Å². The van der Waals surface area contributed by atoms with Gasteiger partial charge in [0, 0.05) is 18.0 Å². The van der Waals surface area contributed by atoms with E-state index in [-0.39, 0.29) is 6.42 Å². The van der Waals surface area contributed by atoms with Gasteiger partial charge in [-0.1, -0.05) is 12.1 Å². The van der Waals surface area contributed by atoms with E-state index in [4.69, 9.17) is 5.26 Å². The quantitative estimate of drug-likeness (QED) is 0.826. The number of hydrazine groups is 1. The summed E-state index contributed by atoms with van der Waals surface area (Å²) >= 11 is 0. The van der Waals surface area contributed by atoms with Crippen LogP contribution in [0, 0.1) is 11.3 Å². The van der Waals surface area contributed by atoms with Gasteiger partial charge in [-0.2, -0.15) is 5.26 Å². The molecule has 0 aliphatic rings. The van der Waals surface area contributed by atoms with E-state index in [1.165, 1.54) is 6.20 Å². The minimum atomic E-state index is -0.454. The van der Waals surface area contributed by atoms with Crippen LogP contribution >= 0.6 is 0 Å². The third-order valence-electron chi connectivity index (χ3n) is 2.69. The highest BCUT2D eigenvalue weighted by atomic mass is 16.2. The lowest BCUT2D eigenvalue weighted by molar-refractivity contribution is 0.0846. The van der Waals surface area contributed by atoms with Crippen LogP contribution in [0.15, 0.2) is 48.8 Å². The van der Waals surface area contributed by atoms with Crippen LogP contribution in [-0.2, 0) is 6.42 Å². The number of hydrogen-bond acceptors (Lipinski definition) is 4. The Morgan fingerprint density at radius 2 is 1.81 bits per heavy atom. The van der Waals surface area contributed by atoms with Gasteiger partial charge in [-0.3, -0.25) is 25.4 Å². The monoisotopic (exact) mass is 280 g/mol. The summed E-state index contributed by atoms with van der Waals surface area (Å²) in [6.07, 6.45) is 3.17. The predicted molar refractivity (Wildman–Crippen MR) is 74.9 cm³/mol. The number of carbonyl (C=O) groups excluding carboxylic acids is 2. The molecule has 0 aliphatic carbocycles. The summed E-state index contributed by atoms with van der Waals surface area (Å²) in [5, 5.41) is 8.64. The molecule has 0 unspecified atom stereocenters. The molecule has 0 aliphatic heterocycles. The van der Waals surface area contributed by atoms with Gasteiger partial charge >= 0.3 is 0 Å². The molecule has 1 aromatic carbocycles. The van der Waals surface area contributed by atoms with Crippen LogP contribution in [0.25, 0.3) is 0 Å². The Kier molecular flexibility index (Phi) is 4.62. The van der Waals surface area contributed by atoms with Crippen molar-refractivity contribution in [3.05, 3.63) is 65.5 Å². The summed E-state index contributed by atoms with van der Waals surface area (Å²) in [7, 11) is 0. The number of nitrogens with zero attached hydrogens (tertiary/aromatic N) is 2. The topological polar surface area (TPSA) is 94.9 Å². The molecule has 0 fully saturated rings. The second-order valence-corrected chi connectivity index (χ2v) is 4.19. The number of aromatic nitrogens is 1. The summed E-state index contributed by atoms with van der Waals surface area (Å²) in [5.41, 5.74) is 6.08. The van der Waals surface area contributed by atoms with E-state index in [2.05, 4.69) is 15.8 Å². The van der Waals surface area contributed by atoms with Gasteiger partial charge < -0.3 is 0 Å². The second kappa shape index (κ2) is 6.82. The first-order chi connectivity index (χ1) is 10.2. The molecule has 0 saturated carbocycles. The molecule has 104 valence electrons. The Balaban J connectivity index is 1.97. The Labute approximate surface area is 121 Å². The van der Waals surface area contributed by atoms with Crippen LogP contribution in [0.2, 0.25) is 0 Å². The maximum absolute atomic E-state index is 11.9. The van der Waals surface area contributed by atoms with E-state index in [1.54, 1.807) is 42.6 Å². The number of hydrogen-bond donors (Lipinski definition) is 2. The van der Waals surface area contributed by atoms with Gasteiger partial charge in [-0.05, 0) is 29.8 Å². The van der Waals surface area contributed by atoms with Gasteiger partial charge in [-0.25, -0.2) is 0 Å². The molecule has 1 heterocycles. The smallest absolute Gasteiger partial charge is 0.267 e. The Morgan fingerprint density at radius 3 is 2.48 bits per heavy atom. The molecule has 2 amide bonds. The van der Waals surface area contributed by atoms with Crippen LogP contribution in [0.5, 0.6) is 0 Å². The van der Waals surface area contributed by atoms with Crippen LogP contribution in [0.3, 0.4) is 0 Å². The van der Waals surface area contributed by atoms with Gasteiger partial charge in [0.1, 0.15) is 0 Å². The summed E-state index contributed by atoms with van der Waals surface area (Å²) in [6.45, 7) is 0. The van der Waals surface area contributed by atoms with Crippen molar-refractivity contribution in [1.82, 2.24) is 15.8 Å². The molecule has 2 aromatic rings. The standard InChI is InChI=1S/C15H12N4O2/c16-7-6-11-3-1-4-12(9-11)14(20)18-19-15(21)13-5-2-8-17-10-13/h1-5,8-10H,6H2,(H,18,20)(H,19,21). The summed E-state index contributed by atoms with van der Waals surface area (Å²) in [6, 6.07) is 11.9. The van der Waals surface area contributed by atoms with E-state index in [1.807, 2.05) is 6.07 Å². The maximum atomic E-state index is 11.9. The Morgan fingerprint density at radius 1 is 1.10 bits per heavy atom. The van der Waals surface area contributed by atoms with E-state index < -0.39 is 11.8 Å². The lowest BCUT2D eigenvalue weighted by atomic mass is 10.1. The molecule has 2 N–H and O–H groups in total. The fraction of sp³-hybridized carbons (Fsp3) is 0.0667. The summed E-state index contributed by atoms with van der Waals surface area (Å²) in [4.78, 5) is 27.5. The zero-order chi connectivity index (χ0) is 15.1. The first-order valence-electron chi connectivity index (χ1n) is 6.17. The molecule has 2 rings (SSSR count). The van der Waals surface area contributed by atoms with E-state index in [0.717, 1.165) is 5.56 Å². The van der Waals surface area contributed by atoms with Gasteiger partial charge in [0.2, 0.25) is 0 Å². The molecule has 1 aromatic heterocycles. The van der Waals surface area contributed by atoms with Gasteiger partial charge in [0.05, 0.1) is 18.1 Å². The second-order valence-electron chi connectivity index (χ2n) is 4.19. The number of rotatable bonds is 3. The number of nitriles is 1. The van der Waals surface area contributed by atoms with Crippen molar-refractivity contribution in [2.24, 2.45) is 0 Å². The van der Waals surface area contributed by atoms with E-state index in [9.17, 15) is 9.59 Å². The summed E-state index contributed by atoms with van der Waals surface area (Å²) in [5.74, 6) is -0.906. The molecule has 0 radical (unpaired) electrons. The van der Waals surface area contributed by atoms with Crippen molar-refractivity contribution in [1.29, 1.82) is 5.26 Å². The maximum Gasteiger partial charge on any atom is 0.271 e. The van der Waals surface area contributed by atoms with Crippen LogP contribution in [0.1, 0.15) is 26.3 Å². The number of benzene rings is 1. The molecule has 6 nitrogen and oxygen atoms in total. The molecule has 0 spiro atoms. The highest BCUT2D eigenvalue weighted by Crippen LogP contribution is 2.05. The van der Waals surface area contributed by atoms with Crippen molar-refractivity contribution in [2.75, 3.05) is 0 Å². The van der Waals surface area contributed by atoms with E-state index in [0.29, 0.717) is 11.1 Å². The van der Waals surface area contributed by atoms with Crippen LogP contribution < -0.4 is 10.9 Å². The first-order valence-corrected chi connectivity index (χ1v) is 6.17. The highest BCUT2D eigenvalue weighted by molar-refractivity contribution is 5.98. The first kappa shape index (κ1) is 14.2. The van der Waals surface area contributed by atoms with Crippen LogP contribution in [-0.4, -0.2) is 16.8 Å². The third-order valence-corrected chi connectivity index (χ3v) is 2.69. The SMILES string of the molecule is N#CCc1cccc(C(=O)NNC(=O)c2cccnc2)c1. The number of amides is 2. The third kappa shape index (κ3) is 3.88. The predicted octanol–water partition coefficient (Wildman–Crippen LogP) is 1.22. The molecule has 0 bridgehead atoms. The Hall–Kier alpha value is -3.20. The Bertz CT molecular complexity index is 692. The molecule has 0 saturated heterocycles. The van der Waals surface area contributed by atoms with Crippen molar-refractivity contribution in [3.8, 4) is 6.07 Å². The number of nitrogens with one attached hydrogen (secondary N) is 2. The number of carbonyl (C=O) groups is 2. The lowest BCUT2D eigenvalue weighted by Crippen LogP contribution is -2.41. The minimum Gasteiger partial charge on any atom is -0.267 e. The molecular weight excluding hydrogens is 268 g/mol. The lowest BCUT2D eigenvalue weighted by Gasteiger charge is -2.07. The molecular formula is C15H12N4O2. The fourth-order valence-electron chi connectivity index (χ4n) is 1.67. The average Bonchev–Trinajstić information content (AvgIpc) is 2.53. The number of pyridine rings is 1. The zero-order valence-corrected chi connectivity index (χ0v) is 11.0. The normalized spacial score (nSPS) is 9.48. The molecule has 21 heavy (non-hydrogen) atoms. The highest BCUT2D eigenvalue weighted by Gasteiger charge is 2.09. The fourth-order valence-corrected chi connectivity index (χ4v) is 1.67. The average molecular weight is 280 g/mol. The van der Waals surface area contributed by atoms with Crippen molar-refractivity contribution in [2.45, 2.75) is 6.42 Å². The van der Waals surface area contributed by atoms with Crippen LogP contribution in [0.4, 0.5) is 0 Å². The minimum absolute atomic E-state index is 0.225. The molecule has 6 heteroatoms. The van der Waals surface area contributed by atoms with Gasteiger partial charge in [-0.15, -0.1) is 0 Å². The summed E-state index contributed by atoms with van der Waals surface area (Å²) < 4.78 is 0. The largest absolute Gasteiger partial charge is 0.271 e. The van der Waals surface area contributed by atoms with Gasteiger partial charge in [0.15, 0.2) is 0 Å². The zero-order valence-electron chi connectivity index (χ0n) is 11.0. The van der Waals surface area contributed by atoms with Crippen molar-refractivity contribution >= 4 is 11.8 Å². The van der Waals surface area contributed by atoms with Crippen molar-refractivity contribution < 1.29 is 9.59 Å².